The number of likely N-dealkylation sites (tertiary alicyclic amines) is 2. The van der Waals surface area contributed by atoms with E-state index in [0.29, 0.717) is 5.69 Å². The van der Waals surface area contributed by atoms with Crippen LogP contribution in [0.5, 0.6) is 0 Å². The van der Waals surface area contributed by atoms with E-state index in [1.165, 1.54) is 22.9 Å². The number of piperidine rings is 1. The highest BCUT2D eigenvalue weighted by atomic mass is 35.5. The molecule has 4 heterocycles. The first-order valence-corrected chi connectivity index (χ1v) is 12.5. The zero-order chi connectivity index (χ0) is 23.7. The number of rotatable bonds is 4. The number of aromatic nitrogens is 2. The van der Waals surface area contributed by atoms with Gasteiger partial charge in [-0.1, -0.05) is 17.7 Å². The normalized spacial score (nSPS) is 20.8. The van der Waals surface area contributed by atoms with Gasteiger partial charge in [0.15, 0.2) is 5.78 Å². The molecule has 0 unspecified atom stereocenters. The number of morpholine rings is 1. The number of amides is 1. The van der Waals surface area contributed by atoms with Crippen molar-refractivity contribution in [3.8, 4) is 0 Å². The molecule has 0 bridgehead atoms. The lowest BCUT2D eigenvalue weighted by Gasteiger charge is -2.39. The van der Waals surface area contributed by atoms with Crippen molar-refractivity contribution in [2.45, 2.75) is 32.7 Å². The molecule has 0 aliphatic carbocycles. The Morgan fingerprint density at radius 1 is 1.06 bits per heavy atom. The summed E-state index contributed by atoms with van der Waals surface area (Å²) >= 11 is 6.68. The lowest BCUT2D eigenvalue weighted by molar-refractivity contribution is 0.101. The van der Waals surface area contributed by atoms with Crippen LogP contribution in [-0.4, -0.2) is 83.9 Å². The number of hydrogen-bond acceptors (Lipinski definition) is 6. The molecule has 0 atom stereocenters. The molecule has 34 heavy (non-hydrogen) atoms. The van der Waals surface area contributed by atoms with Crippen molar-refractivity contribution in [1.29, 1.82) is 0 Å². The zero-order valence-corrected chi connectivity index (χ0v) is 20.5. The van der Waals surface area contributed by atoms with E-state index in [1.807, 2.05) is 4.90 Å². The van der Waals surface area contributed by atoms with E-state index in [2.05, 4.69) is 33.1 Å². The van der Waals surface area contributed by atoms with E-state index in [4.69, 9.17) is 16.3 Å². The first-order chi connectivity index (χ1) is 16.4. The van der Waals surface area contributed by atoms with Gasteiger partial charge in [-0.15, -0.1) is 0 Å². The molecule has 1 aromatic carbocycles. The van der Waals surface area contributed by atoms with Crippen LogP contribution in [-0.2, 0) is 11.3 Å². The van der Waals surface area contributed by atoms with Crippen LogP contribution in [0.3, 0.4) is 0 Å². The molecule has 8 nitrogen and oxygen atoms in total. The number of Topliss-reactive ketones (excluding diaryl/α,β-unsaturated/α-hetero) is 1. The van der Waals surface area contributed by atoms with Crippen LogP contribution in [0.15, 0.2) is 30.5 Å². The molecule has 3 aliphatic rings. The third-order valence-corrected chi connectivity index (χ3v) is 7.92. The number of carbonyl (C=O) groups excluding carboxylic acids is 2. The second kappa shape index (κ2) is 9.68. The average molecular weight is 486 g/mol. The van der Waals surface area contributed by atoms with Gasteiger partial charge in [0.1, 0.15) is 5.69 Å². The van der Waals surface area contributed by atoms with Crippen molar-refractivity contribution < 1.29 is 14.3 Å². The van der Waals surface area contributed by atoms with Crippen molar-refractivity contribution in [3.63, 3.8) is 0 Å². The number of nitrogens with zero attached hydrogens (tertiary/aromatic N) is 5. The smallest absolute Gasteiger partial charge is 0.344 e. The number of carbonyl (C=O) groups is 2. The van der Waals surface area contributed by atoms with Crippen molar-refractivity contribution in [1.82, 2.24) is 19.6 Å². The van der Waals surface area contributed by atoms with Crippen LogP contribution in [0.4, 0.5) is 10.5 Å². The predicted molar refractivity (Wildman–Crippen MR) is 131 cm³/mol. The molecular formula is C25H32ClN5O3. The Hall–Kier alpha value is -2.42. The Morgan fingerprint density at radius 3 is 2.47 bits per heavy atom. The van der Waals surface area contributed by atoms with E-state index in [-0.39, 0.29) is 17.2 Å². The Labute approximate surface area is 205 Å². The SMILES string of the molecule is CC(=O)c1ccn(C(=O)N2CCC3(CCN(Cc4ccc(N5CCOCC5)cc4Cl)C3)CC2)n1. The minimum atomic E-state index is -0.149. The second-order valence-corrected chi connectivity index (χ2v) is 10.2. The lowest BCUT2D eigenvalue weighted by atomic mass is 9.78. The van der Waals surface area contributed by atoms with Gasteiger partial charge in [-0.2, -0.15) is 9.78 Å². The Bertz CT molecular complexity index is 1060. The van der Waals surface area contributed by atoms with Crippen LogP contribution in [0.1, 0.15) is 42.2 Å². The first kappa shape index (κ1) is 23.3. The highest BCUT2D eigenvalue weighted by Gasteiger charge is 2.41. The number of benzene rings is 1. The molecule has 3 aliphatic heterocycles. The van der Waals surface area contributed by atoms with Gasteiger partial charge in [0, 0.05) is 63.1 Å². The van der Waals surface area contributed by atoms with E-state index in [0.717, 1.165) is 83.3 Å². The zero-order valence-electron chi connectivity index (χ0n) is 19.7. The quantitative estimate of drug-likeness (QED) is 0.617. The lowest BCUT2D eigenvalue weighted by Crippen LogP contribution is -2.45. The third kappa shape index (κ3) is 4.85. The molecule has 1 spiro atoms. The minimum Gasteiger partial charge on any atom is -0.378 e. The molecular weight excluding hydrogens is 454 g/mol. The summed E-state index contributed by atoms with van der Waals surface area (Å²) in [5.74, 6) is -0.133. The minimum absolute atomic E-state index is 0.133. The molecule has 9 heteroatoms. The molecule has 1 aromatic heterocycles. The molecule has 3 saturated heterocycles. The maximum absolute atomic E-state index is 12.8. The average Bonchev–Trinajstić information content (AvgIpc) is 3.49. The van der Waals surface area contributed by atoms with E-state index >= 15 is 0 Å². The molecule has 0 radical (unpaired) electrons. The number of ether oxygens (including phenoxy) is 1. The molecule has 2 aromatic rings. The Kier molecular flexibility index (Phi) is 6.64. The Morgan fingerprint density at radius 2 is 1.79 bits per heavy atom. The summed E-state index contributed by atoms with van der Waals surface area (Å²) in [6.45, 7) is 9.17. The second-order valence-electron chi connectivity index (χ2n) is 9.81. The van der Waals surface area contributed by atoms with Gasteiger partial charge in [-0.05, 0) is 55.0 Å². The van der Waals surface area contributed by atoms with Crippen molar-refractivity contribution in [2.24, 2.45) is 5.41 Å². The Balaban J connectivity index is 1.15. The first-order valence-electron chi connectivity index (χ1n) is 12.1. The van der Waals surface area contributed by atoms with Crippen molar-refractivity contribution >= 4 is 29.1 Å². The van der Waals surface area contributed by atoms with E-state index in [1.54, 1.807) is 12.3 Å². The molecule has 182 valence electrons. The van der Waals surface area contributed by atoms with Gasteiger partial charge in [0.05, 0.1) is 13.2 Å². The summed E-state index contributed by atoms with van der Waals surface area (Å²) in [5, 5.41) is 4.95. The summed E-state index contributed by atoms with van der Waals surface area (Å²) in [5.41, 5.74) is 2.92. The predicted octanol–water partition coefficient (Wildman–Crippen LogP) is 3.53. The summed E-state index contributed by atoms with van der Waals surface area (Å²) in [6, 6.07) is 7.88. The van der Waals surface area contributed by atoms with Gasteiger partial charge < -0.3 is 14.5 Å². The van der Waals surface area contributed by atoms with Crippen LogP contribution >= 0.6 is 11.6 Å². The molecule has 3 fully saturated rings. The fourth-order valence-corrected chi connectivity index (χ4v) is 5.66. The highest BCUT2D eigenvalue weighted by molar-refractivity contribution is 6.31. The maximum atomic E-state index is 12.8. The summed E-state index contributed by atoms with van der Waals surface area (Å²) in [6.07, 6.45) is 4.70. The van der Waals surface area contributed by atoms with E-state index in [9.17, 15) is 9.59 Å². The van der Waals surface area contributed by atoms with Gasteiger partial charge in [-0.25, -0.2) is 4.79 Å². The summed E-state index contributed by atoms with van der Waals surface area (Å²) in [7, 11) is 0. The largest absolute Gasteiger partial charge is 0.378 e. The fourth-order valence-electron chi connectivity index (χ4n) is 5.43. The number of halogens is 1. The summed E-state index contributed by atoms with van der Waals surface area (Å²) < 4.78 is 6.74. The fraction of sp³-hybridized carbons (Fsp3) is 0.560. The molecule has 0 saturated carbocycles. The number of ketones is 1. The standard InChI is InChI=1S/C25H32ClN5O3/c1-19(32)23-4-8-31(27-23)24(33)30-10-6-25(7-11-30)5-9-28(18-25)17-20-2-3-21(16-22(20)26)29-12-14-34-15-13-29/h2-4,8,16H,5-7,9-15,17-18H2,1H3. The maximum Gasteiger partial charge on any atom is 0.344 e. The number of hydrogen-bond donors (Lipinski definition) is 0. The number of anilines is 1. The van der Waals surface area contributed by atoms with Crippen LogP contribution in [0, 0.1) is 5.41 Å². The monoisotopic (exact) mass is 485 g/mol. The van der Waals surface area contributed by atoms with Crippen molar-refractivity contribution in [3.05, 3.63) is 46.7 Å². The third-order valence-electron chi connectivity index (χ3n) is 7.56. The highest BCUT2D eigenvalue weighted by Crippen LogP contribution is 2.41. The topological polar surface area (TPSA) is 70.9 Å². The molecule has 1 amide bonds. The van der Waals surface area contributed by atoms with E-state index < -0.39 is 0 Å². The molecule has 5 rings (SSSR count). The van der Waals surface area contributed by atoms with Gasteiger partial charge >= 0.3 is 6.03 Å². The van der Waals surface area contributed by atoms with Gasteiger partial charge in [0.2, 0.25) is 0 Å². The van der Waals surface area contributed by atoms with Gasteiger partial charge in [-0.3, -0.25) is 9.69 Å². The van der Waals surface area contributed by atoms with Gasteiger partial charge in [0.25, 0.3) is 0 Å². The van der Waals surface area contributed by atoms with Crippen LogP contribution in [0.25, 0.3) is 0 Å². The van der Waals surface area contributed by atoms with Crippen molar-refractivity contribution in [2.75, 3.05) is 57.4 Å². The van der Waals surface area contributed by atoms with Crippen LogP contribution in [0.2, 0.25) is 5.02 Å². The summed E-state index contributed by atoms with van der Waals surface area (Å²) in [4.78, 5) is 31.0. The molecule has 0 N–H and O–H groups in total. The van der Waals surface area contributed by atoms with Crippen LogP contribution < -0.4 is 4.90 Å².